The average Bonchev–Trinajstić information content (AvgIpc) is 2.95. The second kappa shape index (κ2) is 6.02. The molecular formula is C14H23N5. The molecule has 0 saturated carbocycles. The van der Waals surface area contributed by atoms with E-state index in [1.165, 1.54) is 5.69 Å². The minimum Gasteiger partial charge on any atom is -0.309 e. The quantitative estimate of drug-likeness (QED) is 0.861. The van der Waals surface area contributed by atoms with E-state index in [0.717, 1.165) is 30.9 Å². The lowest BCUT2D eigenvalue weighted by Crippen LogP contribution is -2.22. The number of aromatic nitrogens is 4. The highest BCUT2D eigenvalue weighted by Gasteiger charge is 2.06. The van der Waals surface area contributed by atoms with Crippen molar-refractivity contribution in [2.45, 2.75) is 46.3 Å². The fourth-order valence-electron chi connectivity index (χ4n) is 1.95. The van der Waals surface area contributed by atoms with Crippen molar-refractivity contribution in [3.63, 3.8) is 0 Å². The number of nitrogens with one attached hydrogen (secondary N) is 1. The van der Waals surface area contributed by atoms with Crippen LogP contribution < -0.4 is 5.32 Å². The van der Waals surface area contributed by atoms with Crippen LogP contribution in [0.3, 0.4) is 0 Å². The van der Waals surface area contributed by atoms with Gasteiger partial charge in [-0.05, 0) is 18.6 Å². The summed E-state index contributed by atoms with van der Waals surface area (Å²) in [6.07, 6.45) is 2.99. The predicted molar refractivity (Wildman–Crippen MR) is 75.9 cm³/mol. The first-order chi connectivity index (χ1) is 9.08. The molecule has 0 aromatic carbocycles. The van der Waals surface area contributed by atoms with Crippen molar-refractivity contribution in [2.75, 3.05) is 0 Å². The van der Waals surface area contributed by atoms with E-state index in [-0.39, 0.29) is 0 Å². The van der Waals surface area contributed by atoms with Crippen molar-refractivity contribution in [2.24, 2.45) is 7.05 Å². The van der Waals surface area contributed by atoms with Crippen LogP contribution in [-0.2, 0) is 26.6 Å². The molecule has 2 aromatic rings. The maximum Gasteiger partial charge on any atom is 0.0828 e. The molecule has 0 aliphatic carbocycles. The molecule has 0 saturated heterocycles. The Balaban J connectivity index is 2.00. The zero-order valence-electron chi connectivity index (χ0n) is 12.2. The molecular weight excluding hydrogens is 238 g/mol. The molecule has 2 aromatic heterocycles. The van der Waals surface area contributed by atoms with Gasteiger partial charge in [0.25, 0.3) is 0 Å². The van der Waals surface area contributed by atoms with Gasteiger partial charge in [-0.2, -0.15) is 10.2 Å². The standard InChI is InChI=1S/C14H23N5/c1-5-12-8-14(18(4)16-12)10-19-7-6-13(17-19)9-15-11(2)3/h6-8,11,15H,5,9-10H2,1-4H3. The lowest BCUT2D eigenvalue weighted by atomic mass is 10.3. The molecule has 0 fully saturated rings. The van der Waals surface area contributed by atoms with Crippen molar-refractivity contribution >= 4 is 0 Å². The predicted octanol–water partition coefficient (Wildman–Crippen LogP) is 1.73. The van der Waals surface area contributed by atoms with E-state index in [0.29, 0.717) is 6.04 Å². The lowest BCUT2D eigenvalue weighted by molar-refractivity contribution is 0.564. The summed E-state index contributed by atoms with van der Waals surface area (Å²) in [4.78, 5) is 0. The summed E-state index contributed by atoms with van der Waals surface area (Å²) in [6.45, 7) is 7.98. The second-order valence-electron chi connectivity index (χ2n) is 5.14. The molecule has 0 aliphatic heterocycles. The van der Waals surface area contributed by atoms with Gasteiger partial charge in [-0.1, -0.05) is 20.8 Å². The van der Waals surface area contributed by atoms with Crippen LogP contribution in [0.2, 0.25) is 0 Å². The molecule has 0 unspecified atom stereocenters. The largest absolute Gasteiger partial charge is 0.309 e. The van der Waals surface area contributed by atoms with Crippen LogP contribution in [0.1, 0.15) is 37.9 Å². The fraction of sp³-hybridized carbons (Fsp3) is 0.571. The number of hydrogen-bond donors (Lipinski definition) is 1. The van der Waals surface area contributed by atoms with Crippen LogP contribution in [0.5, 0.6) is 0 Å². The molecule has 0 spiro atoms. The van der Waals surface area contributed by atoms with Gasteiger partial charge in [0.05, 0.1) is 23.6 Å². The Kier molecular flexibility index (Phi) is 4.37. The Bertz CT molecular complexity index is 524. The Hall–Kier alpha value is -1.62. The smallest absolute Gasteiger partial charge is 0.0828 e. The first-order valence-corrected chi connectivity index (χ1v) is 6.86. The second-order valence-corrected chi connectivity index (χ2v) is 5.14. The molecule has 2 rings (SSSR count). The Labute approximate surface area is 114 Å². The Morgan fingerprint density at radius 3 is 2.68 bits per heavy atom. The minimum absolute atomic E-state index is 0.481. The van der Waals surface area contributed by atoms with Gasteiger partial charge in [-0.25, -0.2) is 0 Å². The highest BCUT2D eigenvalue weighted by molar-refractivity contribution is 5.11. The van der Waals surface area contributed by atoms with Crippen LogP contribution in [0.15, 0.2) is 18.3 Å². The summed E-state index contributed by atoms with van der Waals surface area (Å²) >= 11 is 0. The highest BCUT2D eigenvalue weighted by atomic mass is 15.3. The topological polar surface area (TPSA) is 47.7 Å². The van der Waals surface area contributed by atoms with Crippen molar-refractivity contribution in [3.05, 3.63) is 35.4 Å². The Morgan fingerprint density at radius 2 is 2.05 bits per heavy atom. The molecule has 0 bridgehead atoms. The number of aryl methyl sites for hydroxylation is 2. The SMILES string of the molecule is CCc1cc(Cn2ccc(CNC(C)C)n2)n(C)n1. The van der Waals surface area contributed by atoms with Crippen molar-refractivity contribution in [1.82, 2.24) is 24.9 Å². The molecule has 5 heteroatoms. The zero-order chi connectivity index (χ0) is 13.8. The van der Waals surface area contributed by atoms with Crippen LogP contribution >= 0.6 is 0 Å². The van der Waals surface area contributed by atoms with E-state index in [2.05, 4.69) is 48.4 Å². The first-order valence-electron chi connectivity index (χ1n) is 6.86. The number of nitrogens with zero attached hydrogens (tertiary/aromatic N) is 4. The van der Waals surface area contributed by atoms with Gasteiger partial charge >= 0.3 is 0 Å². The highest BCUT2D eigenvalue weighted by Crippen LogP contribution is 2.06. The maximum absolute atomic E-state index is 4.57. The number of rotatable bonds is 6. The van der Waals surface area contributed by atoms with Gasteiger partial charge in [0.1, 0.15) is 0 Å². The summed E-state index contributed by atoms with van der Waals surface area (Å²) in [5.74, 6) is 0. The van der Waals surface area contributed by atoms with Gasteiger partial charge in [-0.15, -0.1) is 0 Å². The normalized spacial score (nSPS) is 11.4. The third-order valence-electron chi connectivity index (χ3n) is 3.10. The van der Waals surface area contributed by atoms with E-state index in [1.54, 1.807) is 0 Å². The van der Waals surface area contributed by atoms with E-state index in [1.807, 2.05) is 22.6 Å². The van der Waals surface area contributed by atoms with Gasteiger partial charge in [0, 0.05) is 25.8 Å². The van der Waals surface area contributed by atoms with E-state index >= 15 is 0 Å². The van der Waals surface area contributed by atoms with Crippen LogP contribution in [-0.4, -0.2) is 25.6 Å². The van der Waals surface area contributed by atoms with E-state index in [4.69, 9.17) is 0 Å². The molecule has 0 amide bonds. The van der Waals surface area contributed by atoms with Crippen molar-refractivity contribution < 1.29 is 0 Å². The van der Waals surface area contributed by atoms with Gasteiger partial charge in [0.2, 0.25) is 0 Å². The van der Waals surface area contributed by atoms with Crippen LogP contribution in [0.4, 0.5) is 0 Å². The van der Waals surface area contributed by atoms with Gasteiger partial charge in [-0.3, -0.25) is 9.36 Å². The molecule has 2 heterocycles. The van der Waals surface area contributed by atoms with E-state index < -0.39 is 0 Å². The fourth-order valence-corrected chi connectivity index (χ4v) is 1.95. The third kappa shape index (κ3) is 3.67. The number of hydrogen-bond acceptors (Lipinski definition) is 3. The average molecular weight is 261 g/mol. The first kappa shape index (κ1) is 13.8. The van der Waals surface area contributed by atoms with Gasteiger partial charge < -0.3 is 5.32 Å². The minimum atomic E-state index is 0.481. The van der Waals surface area contributed by atoms with Crippen molar-refractivity contribution in [1.29, 1.82) is 0 Å². The summed E-state index contributed by atoms with van der Waals surface area (Å²) < 4.78 is 3.90. The summed E-state index contributed by atoms with van der Waals surface area (Å²) in [5, 5.41) is 12.4. The molecule has 5 nitrogen and oxygen atoms in total. The molecule has 0 radical (unpaired) electrons. The lowest BCUT2D eigenvalue weighted by Gasteiger charge is -2.05. The molecule has 104 valence electrons. The molecule has 0 atom stereocenters. The third-order valence-corrected chi connectivity index (χ3v) is 3.10. The monoisotopic (exact) mass is 261 g/mol. The maximum atomic E-state index is 4.57. The Morgan fingerprint density at radius 1 is 1.26 bits per heavy atom. The molecule has 1 N–H and O–H groups in total. The van der Waals surface area contributed by atoms with Crippen LogP contribution in [0, 0.1) is 0 Å². The van der Waals surface area contributed by atoms with Crippen LogP contribution in [0.25, 0.3) is 0 Å². The molecule has 0 aliphatic rings. The summed E-state index contributed by atoms with van der Waals surface area (Å²) in [7, 11) is 1.99. The van der Waals surface area contributed by atoms with Crippen molar-refractivity contribution in [3.8, 4) is 0 Å². The summed E-state index contributed by atoms with van der Waals surface area (Å²) in [6, 6.07) is 4.69. The zero-order valence-corrected chi connectivity index (χ0v) is 12.2. The summed E-state index contributed by atoms with van der Waals surface area (Å²) in [5.41, 5.74) is 3.39. The molecule has 19 heavy (non-hydrogen) atoms. The van der Waals surface area contributed by atoms with Gasteiger partial charge in [0.15, 0.2) is 0 Å². The van der Waals surface area contributed by atoms with E-state index in [9.17, 15) is 0 Å².